The number of benzene rings is 1. The van der Waals surface area contributed by atoms with Crippen molar-refractivity contribution in [2.75, 3.05) is 23.8 Å². The summed E-state index contributed by atoms with van der Waals surface area (Å²) >= 11 is 0. The zero-order valence-corrected chi connectivity index (χ0v) is 11.1. The molecule has 0 fully saturated rings. The topological polar surface area (TPSA) is 45.2 Å². The Kier molecular flexibility index (Phi) is 4.13. The van der Waals surface area contributed by atoms with Crippen LogP contribution in [0.4, 0.5) is 11.4 Å². The summed E-state index contributed by atoms with van der Waals surface area (Å²) in [5, 5.41) is 3.05. The maximum atomic E-state index is 12.6. The molecule has 1 N–H and O–H groups in total. The van der Waals surface area contributed by atoms with Crippen LogP contribution in [0.1, 0.15) is 17.3 Å². The van der Waals surface area contributed by atoms with Crippen LogP contribution in [0.25, 0.3) is 0 Å². The number of aromatic nitrogens is 1. The molecule has 0 aliphatic rings. The zero-order chi connectivity index (χ0) is 13.7. The Hall–Kier alpha value is -2.36. The first-order valence-corrected chi connectivity index (χ1v) is 6.26. The van der Waals surface area contributed by atoms with Gasteiger partial charge in [-0.1, -0.05) is 12.1 Å². The Bertz CT molecular complexity index is 554. The zero-order valence-electron chi connectivity index (χ0n) is 11.1. The predicted octanol–water partition coefficient (Wildman–Crippen LogP) is 2.79. The third-order valence-corrected chi connectivity index (χ3v) is 2.96. The number of carbonyl (C=O) groups excluding carboxylic acids is 1. The summed E-state index contributed by atoms with van der Waals surface area (Å²) in [6.45, 7) is 2.57. The van der Waals surface area contributed by atoms with Crippen LogP contribution in [0, 0.1) is 0 Å². The van der Waals surface area contributed by atoms with Crippen molar-refractivity contribution < 1.29 is 4.79 Å². The third-order valence-electron chi connectivity index (χ3n) is 2.96. The molecule has 0 saturated carbocycles. The van der Waals surface area contributed by atoms with Crippen LogP contribution in [-0.4, -0.2) is 24.5 Å². The van der Waals surface area contributed by atoms with Crippen molar-refractivity contribution in [2.24, 2.45) is 0 Å². The van der Waals surface area contributed by atoms with Crippen LogP contribution in [0.2, 0.25) is 0 Å². The van der Waals surface area contributed by atoms with E-state index in [0.717, 1.165) is 11.4 Å². The van der Waals surface area contributed by atoms with E-state index in [1.807, 2.05) is 50.4 Å². The molecule has 0 radical (unpaired) electrons. The fraction of sp³-hybridized carbons (Fsp3) is 0.200. The summed E-state index contributed by atoms with van der Waals surface area (Å²) in [6, 6.07) is 11.2. The van der Waals surface area contributed by atoms with Gasteiger partial charge in [-0.3, -0.25) is 9.78 Å². The quantitative estimate of drug-likeness (QED) is 0.913. The lowest BCUT2D eigenvalue weighted by atomic mass is 10.1. The van der Waals surface area contributed by atoms with E-state index in [2.05, 4.69) is 10.3 Å². The second kappa shape index (κ2) is 6.00. The van der Waals surface area contributed by atoms with Crippen LogP contribution in [0.3, 0.4) is 0 Å². The monoisotopic (exact) mass is 255 g/mol. The van der Waals surface area contributed by atoms with Gasteiger partial charge in [0.2, 0.25) is 0 Å². The van der Waals surface area contributed by atoms with E-state index in [-0.39, 0.29) is 5.91 Å². The van der Waals surface area contributed by atoms with Gasteiger partial charge in [0.15, 0.2) is 0 Å². The molecule has 98 valence electrons. The van der Waals surface area contributed by atoms with Crippen LogP contribution < -0.4 is 10.2 Å². The van der Waals surface area contributed by atoms with Gasteiger partial charge in [-0.2, -0.15) is 0 Å². The molecule has 0 atom stereocenters. The lowest BCUT2D eigenvalue weighted by molar-refractivity contribution is 0.0989. The molecule has 1 heterocycles. The second-order valence-electron chi connectivity index (χ2n) is 4.05. The van der Waals surface area contributed by atoms with Gasteiger partial charge in [0.05, 0.1) is 5.56 Å². The van der Waals surface area contributed by atoms with Crippen LogP contribution in [-0.2, 0) is 0 Å². The van der Waals surface area contributed by atoms with Gasteiger partial charge in [0, 0.05) is 37.4 Å². The van der Waals surface area contributed by atoms with Crippen molar-refractivity contribution in [3.63, 3.8) is 0 Å². The molecule has 0 saturated heterocycles. The van der Waals surface area contributed by atoms with Crippen LogP contribution >= 0.6 is 0 Å². The normalized spacial score (nSPS) is 10.0. The smallest absolute Gasteiger partial charge is 0.260 e. The van der Waals surface area contributed by atoms with Gasteiger partial charge >= 0.3 is 0 Å². The molecular weight excluding hydrogens is 238 g/mol. The average molecular weight is 255 g/mol. The molecule has 19 heavy (non-hydrogen) atoms. The van der Waals surface area contributed by atoms with Gasteiger partial charge in [-0.15, -0.1) is 0 Å². The number of hydrogen-bond acceptors (Lipinski definition) is 3. The van der Waals surface area contributed by atoms with Gasteiger partial charge in [0.25, 0.3) is 5.91 Å². The number of pyridine rings is 1. The number of carbonyl (C=O) groups is 1. The number of para-hydroxylation sites is 1. The summed E-state index contributed by atoms with van der Waals surface area (Å²) in [6.07, 6.45) is 3.38. The fourth-order valence-corrected chi connectivity index (χ4v) is 2.00. The Morgan fingerprint density at radius 3 is 2.53 bits per heavy atom. The molecule has 1 amide bonds. The highest BCUT2D eigenvalue weighted by atomic mass is 16.2. The minimum Gasteiger partial charge on any atom is -0.387 e. The molecule has 0 aliphatic heterocycles. The number of amides is 1. The molecule has 1 aromatic heterocycles. The number of hydrogen-bond donors (Lipinski definition) is 1. The minimum absolute atomic E-state index is 0.0151. The standard InChI is InChI=1S/C15H17N3O/c1-3-18(12-8-10-17-11-9-12)15(19)13-6-4-5-7-14(13)16-2/h4-11,16H,3H2,1-2H3. The van der Waals surface area contributed by atoms with Crippen molar-refractivity contribution in [1.29, 1.82) is 0 Å². The molecule has 0 aliphatic carbocycles. The summed E-state index contributed by atoms with van der Waals surface area (Å²) in [5.74, 6) is -0.0151. The van der Waals surface area contributed by atoms with Crippen molar-refractivity contribution in [3.05, 3.63) is 54.4 Å². The molecule has 4 heteroatoms. The van der Waals surface area contributed by atoms with Gasteiger partial charge < -0.3 is 10.2 Å². The molecule has 0 spiro atoms. The number of nitrogens with zero attached hydrogens (tertiary/aromatic N) is 2. The van der Waals surface area contributed by atoms with E-state index in [0.29, 0.717) is 12.1 Å². The summed E-state index contributed by atoms with van der Waals surface area (Å²) in [7, 11) is 1.81. The minimum atomic E-state index is -0.0151. The summed E-state index contributed by atoms with van der Waals surface area (Å²) < 4.78 is 0. The van der Waals surface area contributed by atoms with E-state index in [1.165, 1.54) is 0 Å². The van der Waals surface area contributed by atoms with Gasteiger partial charge in [-0.05, 0) is 31.2 Å². The molecular formula is C15H17N3O. The number of nitrogens with one attached hydrogen (secondary N) is 1. The van der Waals surface area contributed by atoms with Crippen molar-refractivity contribution in [1.82, 2.24) is 4.98 Å². The second-order valence-corrected chi connectivity index (χ2v) is 4.05. The Morgan fingerprint density at radius 1 is 1.21 bits per heavy atom. The predicted molar refractivity (Wildman–Crippen MR) is 77.6 cm³/mol. The van der Waals surface area contributed by atoms with Gasteiger partial charge in [-0.25, -0.2) is 0 Å². The molecule has 2 rings (SSSR count). The first-order chi connectivity index (χ1) is 9.27. The number of anilines is 2. The van der Waals surface area contributed by atoms with E-state index in [4.69, 9.17) is 0 Å². The molecule has 0 bridgehead atoms. The third kappa shape index (κ3) is 2.73. The maximum Gasteiger partial charge on any atom is 0.260 e. The molecule has 0 unspecified atom stereocenters. The Morgan fingerprint density at radius 2 is 1.89 bits per heavy atom. The fourth-order valence-electron chi connectivity index (χ4n) is 2.00. The summed E-state index contributed by atoms with van der Waals surface area (Å²) in [4.78, 5) is 18.3. The number of rotatable bonds is 4. The Labute approximate surface area is 113 Å². The van der Waals surface area contributed by atoms with E-state index in [1.54, 1.807) is 17.3 Å². The average Bonchev–Trinajstić information content (AvgIpc) is 2.49. The largest absolute Gasteiger partial charge is 0.387 e. The van der Waals surface area contributed by atoms with Crippen LogP contribution in [0.5, 0.6) is 0 Å². The lowest BCUT2D eigenvalue weighted by Gasteiger charge is -2.22. The maximum absolute atomic E-state index is 12.6. The Balaban J connectivity index is 2.36. The van der Waals surface area contributed by atoms with Crippen molar-refractivity contribution >= 4 is 17.3 Å². The van der Waals surface area contributed by atoms with E-state index in [9.17, 15) is 4.79 Å². The van der Waals surface area contributed by atoms with E-state index < -0.39 is 0 Å². The van der Waals surface area contributed by atoms with E-state index >= 15 is 0 Å². The molecule has 4 nitrogen and oxygen atoms in total. The molecule has 2 aromatic rings. The van der Waals surface area contributed by atoms with Crippen LogP contribution in [0.15, 0.2) is 48.8 Å². The molecule has 1 aromatic carbocycles. The summed E-state index contributed by atoms with van der Waals surface area (Å²) in [5.41, 5.74) is 2.36. The highest BCUT2D eigenvalue weighted by Gasteiger charge is 2.18. The highest BCUT2D eigenvalue weighted by molar-refractivity contribution is 6.09. The van der Waals surface area contributed by atoms with Crippen molar-refractivity contribution in [3.8, 4) is 0 Å². The van der Waals surface area contributed by atoms with Crippen molar-refractivity contribution in [2.45, 2.75) is 6.92 Å². The van der Waals surface area contributed by atoms with Gasteiger partial charge in [0.1, 0.15) is 0 Å². The highest BCUT2D eigenvalue weighted by Crippen LogP contribution is 2.20. The first kappa shape index (κ1) is 13.1. The SMILES string of the molecule is CCN(C(=O)c1ccccc1NC)c1ccncc1. The lowest BCUT2D eigenvalue weighted by Crippen LogP contribution is -2.31. The first-order valence-electron chi connectivity index (χ1n) is 6.26.